The molecule has 0 unspecified atom stereocenters. The highest BCUT2D eigenvalue weighted by molar-refractivity contribution is 7.99. The van der Waals surface area contributed by atoms with Crippen LogP contribution < -0.4 is 16.7 Å². The molecule has 2 rings (SSSR count). The van der Waals surface area contributed by atoms with Crippen LogP contribution in [-0.4, -0.2) is 38.0 Å². The highest BCUT2D eigenvalue weighted by atomic mass is 32.2. The molecule has 0 aromatic carbocycles. The van der Waals surface area contributed by atoms with Crippen LogP contribution in [0.4, 0.5) is 0 Å². The van der Waals surface area contributed by atoms with Crippen LogP contribution in [0.25, 0.3) is 0 Å². The molecule has 0 aliphatic heterocycles. The van der Waals surface area contributed by atoms with E-state index in [1.807, 2.05) is 4.98 Å². The van der Waals surface area contributed by atoms with Crippen molar-refractivity contribution in [2.45, 2.75) is 5.03 Å². The molecule has 108 valence electrons. The summed E-state index contributed by atoms with van der Waals surface area (Å²) in [4.78, 5) is 39.6. The number of thioether (sulfide) groups is 1. The van der Waals surface area contributed by atoms with Crippen molar-refractivity contribution in [2.75, 3.05) is 5.75 Å². The fourth-order valence-corrected chi connectivity index (χ4v) is 1.85. The smallest absolute Gasteiger partial charge is 0.272 e. The number of hydrazone groups is 1. The number of aromatic amines is 2. The first-order valence-corrected chi connectivity index (χ1v) is 6.68. The zero-order valence-electron chi connectivity index (χ0n) is 10.6. The molecule has 10 heteroatoms. The molecular formula is C11H10N6O3S. The van der Waals surface area contributed by atoms with Gasteiger partial charge in [-0.2, -0.15) is 10.2 Å². The second-order valence-corrected chi connectivity index (χ2v) is 4.61. The molecule has 0 aliphatic carbocycles. The van der Waals surface area contributed by atoms with Gasteiger partial charge in [0, 0.05) is 6.20 Å². The zero-order valence-corrected chi connectivity index (χ0v) is 11.4. The summed E-state index contributed by atoms with van der Waals surface area (Å²) >= 11 is 0.884. The third-order valence-corrected chi connectivity index (χ3v) is 3.05. The van der Waals surface area contributed by atoms with E-state index in [0.29, 0.717) is 5.69 Å². The number of hydrogen-bond donors (Lipinski definition) is 3. The first-order valence-electron chi connectivity index (χ1n) is 5.70. The fraction of sp³-hybridized carbons (Fsp3) is 0.0909. The van der Waals surface area contributed by atoms with Gasteiger partial charge in [-0.05, 0) is 12.1 Å². The molecule has 2 aromatic heterocycles. The minimum absolute atomic E-state index is 0.00143. The Morgan fingerprint density at radius 2 is 2.29 bits per heavy atom. The van der Waals surface area contributed by atoms with Crippen LogP contribution in [-0.2, 0) is 4.79 Å². The maximum Gasteiger partial charge on any atom is 0.342 e. The Morgan fingerprint density at radius 1 is 1.43 bits per heavy atom. The largest absolute Gasteiger partial charge is 0.342 e. The molecule has 0 radical (unpaired) electrons. The lowest BCUT2D eigenvalue weighted by atomic mass is 10.4. The highest BCUT2D eigenvalue weighted by Gasteiger charge is 2.06. The average Bonchev–Trinajstić information content (AvgIpc) is 2.47. The van der Waals surface area contributed by atoms with E-state index < -0.39 is 17.2 Å². The fourth-order valence-electron chi connectivity index (χ4n) is 1.22. The van der Waals surface area contributed by atoms with Crippen molar-refractivity contribution in [3.05, 3.63) is 50.9 Å². The summed E-state index contributed by atoms with van der Waals surface area (Å²) < 4.78 is 0. The minimum Gasteiger partial charge on any atom is -0.272 e. The standard InChI is InChI=1S/C11H10N6O3S/c18-8(15-13-5-7-3-1-2-4-12-7)6-21-10-9(19)14-11(20)17-16-10/h1-5H,6H2,(H,15,18)(H2,14,17,19,20). The summed E-state index contributed by atoms with van der Waals surface area (Å²) in [6.45, 7) is 0. The number of amides is 1. The van der Waals surface area contributed by atoms with Gasteiger partial charge in [-0.1, -0.05) is 17.8 Å². The van der Waals surface area contributed by atoms with Gasteiger partial charge in [0.1, 0.15) is 0 Å². The number of hydrogen-bond acceptors (Lipinski definition) is 7. The zero-order chi connectivity index (χ0) is 15.1. The topological polar surface area (TPSA) is 133 Å². The van der Waals surface area contributed by atoms with E-state index in [4.69, 9.17) is 0 Å². The molecule has 21 heavy (non-hydrogen) atoms. The van der Waals surface area contributed by atoms with E-state index in [1.165, 1.54) is 6.21 Å². The van der Waals surface area contributed by atoms with Crippen molar-refractivity contribution >= 4 is 23.9 Å². The minimum atomic E-state index is -0.700. The van der Waals surface area contributed by atoms with Crippen molar-refractivity contribution in [3.8, 4) is 0 Å². The van der Waals surface area contributed by atoms with E-state index in [0.717, 1.165) is 11.8 Å². The van der Waals surface area contributed by atoms with Crippen molar-refractivity contribution < 1.29 is 4.79 Å². The van der Waals surface area contributed by atoms with Crippen molar-refractivity contribution in [2.24, 2.45) is 5.10 Å². The molecule has 0 aliphatic rings. The van der Waals surface area contributed by atoms with Crippen molar-refractivity contribution in [3.63, 3.8) is 0 Å². The number of aromatic nitrogens is 4. The number of carbonyl (C=O) groups excluding carboxylic acids is 1. The maximum absolute atomic E-state index is 11.5. The van der Waals surface area contributed by atoms with Crippen LogP contribution in [0.2, 0.25) is 0 Å². The Kier molecular flexibility index (Phi) is 4.99. The summed E-state index contributed by atoms with van der Waals surface area (Å²) in [5.74, 6) is -0.485. The van der Waals surface area contributed by atoms with Crippen molar-refractivity contribution in [1.82, 2.24) is 25.6 Å². The Morgan fingerprint density at radius 3 is 3.00 bits per heavy atom. The van der Waals surface area contributed by atoms with E-state index in [9.17, 15) is 14.4 Å². The van der Waals surface area contributed by atoms with Crippen LogP contribution in [0.5, 0.6) is 0 Å². The lowest BCUT2D eigenvalue weighted by molar-refractivity contribution is -0.118. The Labute approximate surface area is 121 Å². The normalized spacial score (nSPS) is 10.7. The van der Waals surface area contributed by atoms with Gasteiger partial charge in [-0.15, -0.1) is 0 Å². The molecule has 0 saturated heterocycles. The monoisotopic (exact) mass is 306 g/mol. The molecule has 2 heterocycles. The molecule has 0 bridgehead atoms. The lowest BCUT2D eigenvalue weighted by Crippen LogP contribution is -2.26. The Bertz CT molecular complexity index is 754. The van der Waals surface area contributed by atoms with Crippen LogP contribution in [0.1, 0.15) is 5.69 Å². The third kappa shape index (κ3) is 4.69. The number of carbonyl (C=O) groups is 1. The predicted octanol–water partition coefficient (Wildman–Crippen LogP) is -0.904. The first kappa shape index (κ1) is 14.7. The summed E-state index contributed by atoms with van der Waals surface area (Å²) in [5.41, 5.74) is 1.55. The van der Waals surface area contributed by atoms with Crippen molar-refractivity contribution in [1.29, 1.82) is 0 Å². The van der Waals surface area contributed by atoms with E-state index >= 15 is 0 Å². The van der Waals surface area contributed by atoms with Gasteiger partial charge in [0.05, 0.1) is 17.7 Å². The van der Waals surface area contributed by atoms with Gasteiger partial charge in [0.25, 0.3) is 5.56 Å². The van der Waals surface area contributed by atoms with E-state index in [2.05, 4.69) is 25.7 Å². The van der Waals surface area contributed by atoms with Gasteiger partial charge in [0.15, 0.2) is 5.03 Å². The number of nitrogens with one attached hydrogen (secondary N) is 3. The van der Waals surface area contributed by atoms with Gasteiger partial charge >= 0.3 is 5.69 Å². The SMILES string of the molecule is O=C(CSc1n[nH]c(=O)[nH]c1=O)NN=Cc1ccccn1. The third-order valence-electron chi connectivity index (χ3n) is 2.09. The van der Waals surface area contributed by atoms with Crippen LogP contribution >= 0.6 is 11.8 Å². The highest BCUT2D eigenvalue weighted by Crippen LogP contribution is 2.06. The van der Waals surface area contributed by atoms with Crippen LogP contribution in [0.3, 0.4) is 0 Å². The summed E-state index contributed by atoms with van der Waals surface area (Å²) in [6.07, 6.45) is 3.00. The maximum atomic E-state index is 11.5. The lowest BCUT2D eigenvalue weighted by Gasteiger charge is -1.98. The van der Waals surface area contributed by atoms with Crippen LogP contribution in [0, 0.1) is 0 Å². The number of H-pyrrole nitrogens is 2. The second-order valence-electron chi connectivity index (χ2n) is 3.65. The van der Waals surface area contributed by atoms with E-state index in [1.54, 1.807) is 24.4 Å². The van der Waals surface area contributed by atoms with Gasteiger partial charge in [-0.25, -0.2) is 15.3 Å². The Hall–Kier alpha value is -2.75. The predicted molar refractivity (Wildman–Crippen MR) is 76.2 cm³/mol. The number of nitrogens with zero attached hydrogens (tertiary/aromatic N) is 3. The molecule has 0 saturated carbocycles. The quantitative estimate of drug-likeness (QED) is 0.372. The molecule has 0 spiro atoms. The molecule has 2 aromatic rings. The summed E-state index contributed by atoms with van der Waals surface area (Å²) in [7, 11) is 0. The van der Waals surface area contributed by atoms with Gasteiger partial charge in [-0.3, -0.25) is 19.6 Å². The Balaban J connectivity index is 1.84. The number of pyridine rings is 1. The van der Waals surface area contributed by atoms with Gasteiger partial charge in [0.2, 0.25) is 5.91 Å². The molecule has 0 fully saturated rings. The van der Waals surface area contributed by atoms with E-state index in [-0.39, 0.29) is 10.8 Å². The summed E-state index contributed by atoms with van der Waals surface area (Å²) in [5, 5.41) is 9.33. The average molecular weight is 306 g/mol. The molecule has 1 amide bonds. The second kappa shape index (κ2) is 7.14. The molecule has 3 N–H and O–H groups in total. The summed E-state index contributed by atoms with van der Waals surface area (Å²) in [6, 6.07) is 5.29. The van der Waals surface area contributed by atoms with Crippen LogP contribution in [0.15, 0.2) is 44.1 Å². The first-order chi connectivity index (χ1) is 10.1. The molecular weight excluding hydrogens is 296 g/mol. The number of rotatable bonds is 5. The molecule has 9 nitrogen and oxygen atoms in total. The van der Waals surface area contributed by atoms with Gasteiger partial charge < -0.3 is 0 Å². The molecule has 0 atom stereocenters.